The third kappa shape index (κ3) is 3.98. The molecule has 0 saturated carbocycles. The lowest BCUT2D eigenvalue weighted by molar-refractivity contribution is 0.101. The third-order valence-corrected chi connectivity index (χ3v) is 3.91. The molecule has 100 valence electrons. The molecule has 0 spiro atoms. The van der Waals surface area contributed by atoms with Gasteiger partial charge in [-0.15, -0.1) is 0 Å². The lowest BCUT2D eigenvalue weighted by atomic mass is 9.92. The summed E-state index contributed by atoms with van der Waals surface area (Å²) >= 11 is 5.94. The molecule has 0 bridgehead atoms. The summed E-state index contributed by atoms with van der Waals surface area (Å²) in [5.41, 5.74) is 1.37. The summed E-state index contributed by atoms with van der Waals surface area (Å²) in [6, 6.07) is 8.23. The second kappa shape index (κ2) is 7.13. The van der Waals surface area contributed by atoms with Gasteiger partial charge >= 0.3 is 0 Å². The predicted octanol–water partition coefficient (Wildman–Crippen LogP) is 3.60. The Labute approximate surface area is 115 Å². The quantitative estimate of drug-likeness (QED) is 0.850. The molecule has 2 rings (SSSR count). The topological polar surface area (TPSA) is 21.3 Å². The van der Waals surface area contributed by atoms with Crippen molar-refractivity contribution in [2.45, 2.75) is 37.7 Å². The molecule has 2 nitrogen and oxygen atoms in total. The summed E-state index contributed by atoms with van der Waals surface area (Å²) in [6.07, 6.45) is 5.27. The van der Waals surface area contributed by atoms with Gasteiger partial charge in [0.25, 0.3) is 0 Å². The van der Waals surface area contributed by atoms with Gasteiger partial charge in [-0.05, 0) is 56.3 Å². The maximum atomic E-state index is 5.94. The smallest absolute Gasteiger partial charge is 0.0576 e. The van der Waals surface area contributed by atoms with Gasteiger partial charge < -0.3 is 10.1 Å². The van der Waals surface area contributed by atoms with E-state index in [1.165, 1.54) is 24.8 Å². The highest BCUT2D eigenvalue weighted by molar-refractivity contribution is 6.30. The number of benzene rings is 1. The van der Waals surface area contributed by atoms with E-state index in [-0.39, 0.29) is 0 Å². The largest absolute Gasteiger partial charge is 0.378 e. The summed E-state index contributed by atoms with van der Waals surface area (Å²) in [6.45, 7) is 1.96. The van der Waals surface area contributed by atoms with E-state index in [1.807, 2.05) is 19.2 Å². The van der Waals surface area contributed by atoms with Gasteiger partial charge in [-0.2, -0.15) is 0 Å². The van der Waals surface area contributed by atoms with E-state index in [1.54, 1.807) is 0 Å². The van der Waals surface area contributed by atoms with Gasteiger partial charge in [0.05, 0.1) is 6.10 Å². The molecule has 1 N–H and O–H groups in total. The van der Waals surface area contributed by atoms with Crippen molar-refractivity contribution >= 4 is 11.6 Å². The molecular formula is C15H22ClNO. The lowest BCUT2D eigenvalue weighted by Gasteiger charge is -2.19. The summed E-state index contributed by atoms with van der Waals surface area (Å²) in [4.78, 5) is 0. The second-order valence-electron chi connectivity index (χ2n) is 5.02. The number of likely N-dealkylation sites (N-methyl/N-ethyl adjacent to an activating group) is 1. The van der Waals surface area contributed by atoms with Crippen molar-refractivity contribution in [3.63, 3.8) is 0 Å². The third-order valence-electron chi connectivity index (χ3n) is 3.65. The number of nitrogens with one attached hydrogen (secondary N) is 1. The summed E-state index contributed by atoms with van der Waals surface area (Å²) in [5, 5.41) is 4.09. The Morgan fingerprint density at radius 1 is 1.39 bits per heavy atom. The van der Waals surface area contributed by atoms with Crippen LogP contribution in [-0.4, -0.2) is 26.3 Å². The zero-order valence-corrected chi connectivity index (χ0v) is 11.7. The molecule has 0 amide bonds. The summed E-state index contributed by atoms with van der Waals surface area (Å²) in [5.74, 6) is 0.552. The normalized spacial score (nSPS) is 21.1. The standard InChI is InChI=1S/C15H22ClNO/c1-17-11-13(6-9-15-3-2-10-18-15)12-4-7-14(16)8-5-12/h4-5,7-8,13,15,17H,2-3,6,9-11H2,1H3. The maximum Gasteiger partial charge on any atom is 0.0576 e. The van der Waals surface area contributed by atoms with Gasteiger partial charge in [0.15, 0.2) is 0 Å². The van der Waals surface area contributed by atoms with Crippen molar-refractivity contribution < 1.29 is 4.74 Å². The Morgan fingerprint density at radius 2 is 2.17 bits per heavy atom. The van der Waals surface area contributed by atoms with Crippen LogP contribution in [0.3, 0.4) is 0 Å². The zero-order chi connectivity index (χ0) is 12.8. The van der Waals surface area contributed by atoms with Gasteiger partial charge in [0.1, 0.15) is 0 Å². The molecule has 3 heteroatoms. The van der Waals surface area contributed by atoms with Crippen LogP contribution in [0.15, 0.2) is 24.3 Å². The molecule has 1 aromatic rings. The van der Waals surface area contributed by atoms with Crippen LogP contribution in [-0.2, 0) is 4.74 Å². The number of rotatable bonds is 6. The van der Waals surface area contributed by atoms with E-state index in [9.17, 15) is 0 Å². The van der Waals surface area contributed by atoms with Crippen molar-refractivity contribution in [1.29, 1.82) is 0 Å². The monoisotopic (exact) mass is 267 g/mol. The van der Waals surface area contributed by atoms with Gasteiger partial charge in [-0.25, -0.2) is 0 Å². The molecular weight excluding hydrogens is 246 g/mol. The highest BCUT2D eigenvalue weighted by Gasteiger charge is 2.18. The van der Waals surface area contributed by atoms with Crippen molar-refractivity contribution in [2.24, 2.45) is 0 Å². The van der Waals surface area contributed by atoms with Crippen LogP contribution in [0.25, 0.3) is 0 Å². The average Bonchev–Trinajstić information content (AvgIpc) is 2.89. The summed E-state index contributed by atoms with van der Waals surface area (Å²) < 4.78 is 5.69. The number of halogens is 1. The van der Waals surface area contributed by atoms with Crippen molar-refractivity contribution in [3.05, 3.63) is 34.9 Å². The molecule has 0 aliphatic carbocycles. The lowest BCUT2D eigenvalue weighted by Crippen LogP contribution is -2.19. The van der Waals surface area contributed by atoms with Gasteiger partial charge in [-0.1, -0.05) is 23.7 Å². The minimum Gasteiger partial charge on any atom is -0.378 e. The molecule has 18 heavy (non-hydrogen) atoms. The van der Waals surface area contributed by atoms with Crippen LogP contribution in [0.1, 0.15) is 37.2 Å². The first-order chi connectivity index (χ1) is 8.79. The molecule has 1 saturated heterocycles. The van der Waals surface area contributed by atoms with Crippen molar-refractivity contribution in [2.75, 3.05) is 20.2 Å². The molecule has 1 heterocycles. The van der Waals surface area contributed by atoms with Crippen LogP contribution < -0.4 is 5.32 Å². The molecule has 2 unspecified atom stereocenters. The van der Waals surface area contributed by atoms with E-state index in [0.29, 0.717) is 12.0 Å². The van der Waals surface area contributed by atoms with Crippen molar-refractivity contribution in [1.82, 2.24) is 5.32 Å². The molecule has 2 atom stereocenters. The SMILES string of the molecule is CNCC(CCC1CCCO1)c1ccc(Cl)cc1. The van der Waals surface area contributed by atoms with Gasteiger partial charge in [0.2, 0.25) is 0 Å². The van der Waals surface area contributed by atoms with E-state index < -0.39 is 0 Å². The molecule has 0 aromatic heterocycles. The van der Waals surface area contributed by atoms with Crippen LogP contribution in [0, 0.1) is 0 Å². The Morgan fingerprint density at radius 3 is 2.78 bits per heavy atom. The Balaban J connectivity index is 1.91. The Kier molecular flexibility index (Phi) is 5.48. The zero-order valence-electron chi connectivity index (χ0n) is 11.0. The fourth-order valence-electron chi connectivity index (χ4n) is 2.63. The minimum absolute atomic E-state index is 0.483. The van der Waals surface area contributed by atoms with Crippen LogP contribution in [0.4, 0.5) is 0 Å². The average molecular weight is 268 g/mol. The Hall–Kier alpha value is -0.570. The minimum atomic E-state index is 0.483. The maximum absolute atomic E-state index is 5.94. The summed E-state index contributed by atoms with van der Waals surface area (Å²) in [7, 11) is 2.01. The van der Waals surface area contributed by atoms with E-state index in [0.717, 1.165) is 24.6 Å². The van der Waals surface area contributed by atoms with Crippen LogP contribution >= 0.6 is 11.6 Å². The Bertz CT molecular complexity index is 346. The first kappa shape index (κ1) is 13.9. The highest BCUT2D eigenvalue weighted by atomic mass is 35.5. The van der Waals surface area contributed by atoms with Gasteiger partial charge in [0, 0.05) is 18.2 Å². The number of hydrogen-bond donors (Lipinski definition) is 1. The highest BCUT2D eigenvalue weighted by Crippen LogP contribution is 2.26. The van der Waals surface area contributed by atoms with Crippen LogP contribution in [0.2, 0.25) is 5.02 Å². The van der Waals surface area contributed by atoms with E-state index in [2.05, 4.69) is 17.4 Å². The van der Waals surface area contributed by atoms with E-state index in [4.69, 9.17) is 16.3 Å². The first-order valence-electron chi connectivity index (χ1n) is 6.81. The number of hydrogen-bond acceptors (Lipinski definition) is 2. The second-order valence-corrected chi connectivity index (χ2v) is 5.45. The fraction of sp³-hybridized carbons (Fsp3) is 0.600. The van der Waals surface area contributed by atoms with Crippen molar-refractivity contribution in [3.8, 4) is 0 Å². The first-order valence-corrected chi connectivity index (χ1v) is 7.19. The molecule has 1 aliphatic heterocycles. The number of ether oxygens (including phenoxy) is 1. The van der Waals surface area contributed by atoms with Crippen LogP contribution in [0.5, 0.6) is 0 Å². The fourth-order valence-corrected chi connectivity index (χ4v) is 2.75. The molecule has 1 aromatic carbocycles. The molecule has 1 aliphatic rings. The molecule has 0 radical (unpaired) electrons. The van der Waals surface area contributed by atoms with E-state index >= 15 is 0 Å². The predicted molar refractivity (Wildman–Crippen MR) is 76.3 cm³/mol. The molecule has 1 fully saturated rings. The van der Waals surface area contributed by atoms with Gasteiger partial charge in [-0.3, -0.25) is 0 Å².